The van der Waals surface area contributed by atoms with Crippen LogP contribution in [0.3, 0.4) is 0 Å². The minimum Gasteiger partial charge on any atom is -0.493 e. The Kier molecular flexibility index (Phi) is 6.04. The van der Waals surface area contributed by atoms with E-state index in [4.69, 9.17) is 16.3 Å². The summed E-state index contributed by atoms with van der Waals surface area (Å²) in [6.45, 7) is 2.72. The van der Waals surface area contributed by atoms with Crippen molar-refractivity contribution in [1.82, 2.24) is 4.98 Å². The molecule has 3 rings (SSSR count). The Bertz CT molecular complexity index is 849. The van der Waals surface area contributed by atoms with Crippen LogP contribution in [0.2, 0.25) is 5.02 Å². The van der Waals surface area contributed by atoms with E-state index in [2.05, 4.69) is 22.4 Å². The molecule has 0 aliphatic heterocycles. The largest absolute Gasteiger partial charge is 0.493 e. The van der Waals surface area contributed by atoms with Crippen molar-refractivity contribution in [3.05, 3.63) is 64.5 Å². The fourth-order valence-corrected chi connectivity index (χ4v) is 3.04. The summed E-state index contributed by atoms with van der Waals surface area (Å²) in [7, 11) is 0. The molecule has 25 heavy (non-hydrogen) atoms. The van der Waals surface area contributed by atoms with Crippen molar-refractivity contribution in [2.24, 2.45) is 5.10 Å². The molecule has 0 aliphatic carbocycles. The van der Waals surface area contributed by atoms with Crippen LogP contribution in [-0.2, 0) is 0 Å². The molecule has 128 valence electrons. The number of aromatic nitrogens is 1. The van der Waals surface area contributed by atoms with Crippen molar-refractivity contribution < 1.29 is 4.74 Å². The molecule has 1 N–H and O–H groups in total. The molecule has 0 amide bonds. The summed E-state index contributed by atoms with van der Waals surface area (Å²) >= 11 is 7.58. The number of hydrogen-bond donors (Lipinski definition) is 1. The van der Waals surface area contributed by atoms with Gasteiger partial charge in [0.1, 0.15) is 5.75 Å². The second-order valence-electron chi connectivity index (χ2n) is 5.30. The molecule has 0 radical (unpaired) electrons. The van der Waals surface area contributed by atoms with Crippen molar-refractivity contribution >= 4 is 34.3 Å². The van der Waals surface area contributed by atoms with E-state index in [0.29, 0.717) is 11.6 Å². The monoisotopic (exact) mass is 371 g/mol. The van der Waals surface area contributed by atoms with Crippen molar-refractivity contribution in [3.8, 4) is 17.0 Å². The molecular weight excluding hydrogens is 354 g/mol. The minimum absolute atomic E-state index is 0.644. The molecule has 0 atom stereocenters. The molecule has 0 fully saturated rings. The number of hydrogen-bond acceptors (Lipinski definition) is 5. The molecule has 1 heterocycles. The Labute approximate surface area is 156 Å². The van der Waals surface area contributed by atoms with Crippen molar-refractivity contribution in [3.63, 3.8) is 0 Å². The lowest BCUT2D eigenvalue weighted by Gasteiger charge is -2.08. The molecule has 0 saturated carbocycles. The summed E-state index contributed by atoms with van der Waals surface area (Å²) in [6, 6.07) is 15.5. The molecule has 6 heteroatoms. The van der Waals surface area contributed by atoms with Crippen LogP contribution in [0.5, 0.6) is 5.75 Å². The van der Waals surface area contributed by atoms with Gasteiger partial charge in [0.15, 0.2) is 0 Å². The predicted octanol–water partition coefficient (Wildman–Crippen LogP) is 5.70. The number of nitrogens with zero attached hydrogens (tertiary/aromatic N) is 2. The minimum atomic E-state index is 0.644. The maximum atomic E-state index is 6.07. The number of ether oxygens (including phenoxy) is 1. The lowest BCUT2D eigenvalue weighted by Crippen LogP contribution is -1.99. The fourth-order valence-electron chi connectivity index (χ4n) is 2.19. The van der Waals surface area contributed by atoms with Gasteiger partial charge in [0, 0.05) is 21.5 Å². The second-order valence-corrected chi connectivity index (χ2v) is 6.60. The fraction of sp³-hybridized carbons (Fsp3) is 0.158. The number of anilines is 1. The number of hydrazone groups is 1. The van der Waals surface area contributed by atoms with Gasteiger partial charge in [-0.05, 0) is 24.6 Å². The lowest BCUT2D eigenvalue weighted by molar-refractivity contribution is 0.317. The Balaban J connectivity index is 1.69. The molecule has 3 aromatic rings. The third-order valence-corrected chi connectivity index (χ3v) is 4.35. The average Bonchev–Trinajstić information content (AvgIpc) is 3.11. The third kappa shape index (κ3) is 4.81. The molecule has 0 bridgehead atoms. The van der Waals surface area contributed by atoms with Gasteiger partial charge in [0.25, 0.3) is 0 Å². The summed E-state index contributed by atoms with van der Waals surface area (Å²) in [6.07, 6.45) is 2.64. The Morgan fingerprint density at radius 1 is 1.24 bits per heavy atom. The van der Waals surface area contributed by atoms with Crippen LogP contribution < -0.4 is 10.2 Å². The van der Waals surface area contributed by atoms with Gasteiger partial charge in [0.2, 0.25) is 5.13 Å². The quantitative estimate of drug-likeness (QED) is 0.428. The summed E-state index contributed by atoms with van der Waals surface area (Å²) in [5.41, 5.74) is 5.80. The first kappa shape index (κ1) is 17.5. The summed E-state index contributed by atoms with van der Waals surface area (Å²) in [5, 5.41) is 7.64. The molecule has 4 nitrogen and oxygen atoms in total. The van der Waals surface area contributed by atoms with Crippen LogP contribution >= 0.6 is 22.9 Å². The highest BCUT2D eigenvalue weighted by Crippen LogP contribution is 2.25. The van der Waals surface area contributed by atoms with E-state index in [0.717, 1.165) is 34.1 Å². The normalized spacial score (nSPS) is 11.0. The molecule has 2 aromatic carbocycles. The Hall–Kier alpha value is -2.37. The zero-order valence-electron chi connectivity index (χ0n) is 13.8. The average molecular weight is 372 g/mol. The summed E-state index contributed by atoms with van der Waals surface area (Å²) < 4.78 is 5.72. The Morgan fingerprint density at radius 2 is 2.08 bits per heavy atom. The van der Waals surface area contributed by atoms with Gasteiger partial charge in [-0.25, -0.2) is 4.98 Å². The zero-order chi connectivity index (χ0) is 17.5. The number of benzene rings is 2. The second kappa shape index (κ2) is 8.65. The first-order chi connectivity index (χ1) is 12.3. The van der Waals surface area contributed by atoms with Crippen LogP contribution in [0.4, 0.5) is 5.13 Å². The first-order valence-corrected chi connectivity index (χ1v) is 9.24. The van der Waals surface area contributed by atoms with Gasteiger partial charge in [-0.2, -0.15) is 5.10 Å². The van der Waals surface area contributed by atoms with Gasteiger partial charge < -0.3 is 4.74 Å². The smallest absolute Gasteiger partial charge is 0.203 e. The first-order valence-electron chi connectivity index (χ1n) is 7.98. The van der Waals surface area contributed by atoms with Crippen LogP contribution in [0.25, 0.3) is 11.3 Å². The van der Waals surface area contributed by atoms with Gasteiger partial charge in [0.05, 0.1) is 18.5 Å². The van der Waals surface area contributed by atoms with E-state index in [9.17, 15) is 0 Å². The molecule has 0 aliphatic rings. The van der Waals surface area contributed by atoms with Gasteiger partial charge in [-0.1, -0.05) is 48.9 Å². The maximum absolute atomic E-state index is 6.07. The molecule has 0 saturated heterocycles. The highest BCUT2D eigenvalue weighted by Gasteiger charge is 2.04. The van der Waals surface area contributed by atoms with Crippen molar-refractivity contribution in [2.75, 3.05) is 12.0 Å². The van der Waals surface area contributed by atoms with E-state index in [-0.39, 0.29) is 0 Å². The number of nitrogens with one attached hydrogen (secondary N) is 1. The topological polar surface area (TPSA) is 46.5 Å². The van der Waals surface area contributed by atoms with Crippen LogP contribution in [0.15, 0.2) is 59.0 Å². The summed E-state index contributed by atoms with van der Waals surface area (Å²) in [5.74, 6) is 0.765. The lowest BCUT2D eigenvalue weighted by atomic mass is 10.2. The van der Waals surface area contributed by atoms with Crippen molar-refractivity contribution in [2.45, 2.75) is 13.3 Å². The summed E-state index contributed by atoms with van der Waals surface area (Å²) in [4.78, 5) is 4.54. The maximum Gasteiger partial charge on any atom is 0.203 e. The van der Waals surface area contributed by atoms with E-state index in [1.54, 1.807) is 6.21 Å². The van der Waals surface area contributed by atoms with Gasteiger partial charge in [-0.15, -0.1) is 11.3 Å². The third-order valence-electron chi connectivity index (χ3n) is 3.37. The SMILES string of the molecule is CCCOc1ccc(Cl)cc1C=NNc1nc(-c2ccccc2)cs1. The molecule has 1 aromatic heterocycles. The van der Waals surface area contributed by atoms with E-state index >= 15 is 0 Å². The van der Waals surface area contributed by atoms with E-state index in [1.807, 2.05) is 53.9 Å². The van der Waals surface area contributed by atoms with Crippen molar-refractivity contribution in [1.29, 1.82) is 0 Å². The van der Waals surface area contributed by atoms with Crippen LogP contribution in [-0.4, -0.2) is 17.8 Å². The van der Waals surface area contributed by atoms with E-state index < -0.39 is 0 Å². The number of rotatable bonds is 7. The number of thiazole rings is 1. The van der Waals surface area contributed by atoms with Gasteiger partial charge in [-0.3, -0.25) is 5.43 Å². The van der Waals surface area contributed by atoms with Crippen LogP contribution in [0.1, 0.15) is 18.9 Å². The van der Waals surface area contributed by atoms with E-state index in [1.165, 1.54) is 11.3 Å². The molecular formula is C19H18ClN3OS. The highest BCUT2D eigenvalue weighted by molar-refractivity contribution is 7.14. The van der Waals surface area contributed by atoms with Crippen LogP contribution in [0, 0.1) is 0 Å². The highest BCUT2D eigenvalue weighted by atomic mass is 35.5. The van der Waals surface area contributed by atoms with Gasteiger partial charge >= 0.3 is 0 Å². The molecule has 0 spiro atoms. The molecule has 0 unspecified atom stereocenters. The standard InChI is InChI=1S/C19H18ClN3OS/c1-2-10-24-18-9-8-16(20)11-15(18)12-21-23-19-22-17(13-25-19)14-6-4-3-5-7-14/h3-9,11-13H,2,10H2,1H3,(H,22,23). The Morgan fingerprint density at radius 3 is 2.88 bits per heavy atom. The number of halogens is 1. The zero-order valence-corrected chi connectivity index (χ0v) is 15.3. The predicted molar refractivity (Wildman–Crippen MR) is 106 cm³/mol.